The molecule has 0 aliphatic heterocycles. The van der Waals surface area contributed by atoms with Crippen molar-refractivity contribution in [2.75, 3.05) is 19.0 Å². The molecule has 1 N–H and O–H groups in total. The van der Waals surface area contributed by atoms with E-state index >= 15 is 0 Å². The topological polar surface area (TPSA) is 47.6 Å². The second kappa shape index (κ2) is 8.99. The fraction of sp³-hybridized carbons (Fsp3) is 0.211. The van der Waals surface area contributed by atoms with Crippen LogP contribution in [0.25, 0.3) is 6.08 Å². The van der Waals surface area contributed by atoms with Gasteiger partial charge in [-0.2, -0.15) is 0 Å². The average Bonchev–Trinajstić information content (AvgIpc) is 2.60. The SMILES string of the molecule is CCCOc1ccc(/C=C/C(=O)Nc2ccc(Cl)cc2)cc1OC. The number of halogens is 1. The van der Waals surface area contributed by atoms with Gasteiger partial charge in [0, 0.05) is 16.8 Å². The molecule has 2 aromatic carbocycles. The van der Waals surface area contributed by atoms with E-state index in [9.17, 15) is 4.79 Å². The van der Waals surface area contributed by atoms with Crippen LogP contribution in [0.3, 0.4) is 0 Å². The second-order valence-electron chi connectivity index (χ2n) is 5.09. The normalized spacial score (nSPS) is 10.6. The lowest BCUT2D eigenvalue weighted by molar-refractivity contribution is -0.111. The number of hydrogen-bond acceptors (Lipinski definition) is 3. The van der Waals surface area contributed by atoms with E-state index in [1.54, 1.807) is 37.5 Å². The third kappa shape index (κ3) is 5.32. The Hall–Kier alpha value is -2.46. The first-order chi connectivity index (χ1) is 11.6. The van der Waals surface area contributed by atoms with Crippen molar-refractivity contribution < 1.29 is 14.3 Å². The predicted molar refractivity (Wildman–Crippen MR) is 97.9 cm³/mol. The lowest BCUT2D eigenvalue weighted by Gasteiger charge is -2.10. The number of anilines is 1. The van der Waals surface area contributed by atoms with Gasteiger partial charge in [-0.25, -0.2) is 0 Å². The minimum Gasteiger partial charge on any atom is -0.493 e. The first-order valence-electron chi connectivity index (χ1n) is 7.68. The number of carbonyl (C=O) groups excluding carboxylic acids is 1. The molecular weight excluding hydrogens is 326 g/mol. The summed E-state index contributed by atoms with van der Waals surface area (Å²) >= 11 is 5.81. The van der Waals surface area contributed by atoms with Crippen molar-refractivity contribution in [1.82, 2.24) is 0 Å². The highest BCUT2D eigenvalue weighted by Crippen LogP contribution is 2.28. The smallest absolute Gasteiger partial charge is 0.248 e. The summed E-state index contributed by atoms with van der Waals surface area (Å²) in [5.41, 5.74) is 1.54. The Morgan fingerprint density at radius 1 is 1.17 bits per heavy atom. The quantitative estimate of drug-likeness (QED) is 0.734. The van der Waals surface area contributed by atoms with Gasteiger partial charge in [0.2, 0.25) is 5.91 Å². The molecule has 0 aliphatic carbocycles. The summed E-state index contributed by atoms with van der Waals surface area (Å²) in [5.74, 6) is 1.12. The third-order valence-electron chi connectivity index (χ3n) is 3.19. The summed E-state index contributed by atoms with van der Waals surface area (Å²) in [6, 6.07) is 12.5. The van der Waals surface area contributed by atoms with Gasteiger partial charge in [-0.05, 0) is 54.5 Å². The lowest BCUT2D eigenvalue weighted by Crippen LogP contribution is -2.07. The Labute approximate surface area is 147 Å². The van der Waals surface area contributed by atoms with E-state index < -0.39 is 0 Å². The van der Waals surface area contributed by atoms with Crippen molar-refractivity contribution in [1.29, 1.82) is 0 Å². The fourth-order valence-corrected chi connectivity index (χ4v) is 2.13. The molecule has 0 unspecified atom stereocenters. The first kappa shape index (κ1) is 17.9. The van der Waals surface area contributed by atoms with Crippen molar-refractivity contribution in [3.05, 3.63) is 59.1 Å². The van der Waals surface area contributed by atoms with Crippen molar-refractivity contribution in [2.45, 2.75) is 13.3 Å². The predicted octanol–water partition coefficient (Wildman–Crippen LogP) is 4.79. The van der Waals surface area contributed by atoms with E-state index in [4.69, 9.17) is 21.1 Å². The zero-order valence-corrected chi connectivity index (χ0v) is 14.5. The summed E-state index contributed by atoms with van der Waals surface area (Å²) in [7, 11) is 1.59. The molecule has 126 valence electrons. The van der Waals surface area contributed by atoms with Crippen LogP contribution in [0.2, 0.25) is 5.02 Å². The maximum absolute atomic E-state index is 11.9. The molecule has 24 heavy (non-hydrogen) atoms. The Kier molecular flexibility index (Phi) is 6.70. The summed E-state index contributed by atoms with van der Waals surface area (Å²) in [6.45, 7) is 2.68. The molecule has 5 heteroatoms. The van der Waals surface area contributed by atoms with Crippen LogP contribution in [-0.2, 0) is 4.79 Å². The summed E-state index contributed by atoms with van der Waals surface area (Å²) in [6.07, 6.45) is 4.11. The van der Waals surface area contributed by atoms with Gasteiger partial charge in [-0.1, -0.05) is 24.6 Å². The molecule has 0 bridgehead atoms. The minimum absolute atomic E-state index is 0.220. The van der Waals surface area contributed by atoms with E-state index in [1.165, 1.54) is 6.08 Å². The maximum atomic E-state index is 11.9. The van der Waals surface area contributed by atoms with Crippen LogP contribution in [0, 0.1) is 0 Å². The van der Waals surface area contributed by atoms with Crippen LogP contribution in [0.15, 0.2) is 48.5 Å². The zero-order valence-electron chi connectivity index (χ0n) is 13.7. The van der Waals surface area contributed by atoms with Crippen LogP contribution in [0.5, 0.6) is 11.5 Å². The molecule has 0 radical (unpaired) electrons. The molecule has 2 aromatic rings. The molecule has 2 rings (SSSR count). The van der Waals surface area contributed by atoms with Gasteiger partial charge in [-0.3, -0.25) is 4.79 Å². The van der Waals surface area contributed by atoms with Crippen LogP contribution >= 0.6 is 11.6 Å². The van der Waals surface area contributed by atoms with E-state index in [-0.39, 0.29) is 5.91 Å². The summed E-state index contributed by atoms with van der Waals surface area (Å²) < 4.78 is 10.9. The molecule has 0 spiro atoms. The number of nitrogens with one attached hydrogen (secondary N) is 1. The monoisotopic (exact) mass is 345 g/mol. The largest absolute Gasteiger partial charge is 0.493 e. The van der Waals surface area contributed by atoms with Gasteiger partial charge in [0.25, 0.3) is 0 Å². The maximum Gasteiger partial charge on any atom is 0.248 e. The van der Waals surface area contributed by atoms with Gasteiger partial charge in [0.1, 0.15) is 0 Å². The fourth-order valence-electron chi connectivity index (χ4n) is 2.01. The molecular formula is C19H20ClNO3. The van der Waals surface area contributed by atoms with Crippen LogP contribution in [-0.4, -0.2) is 19.6 Å². The number of benzene rings is 2. The molecule has 0 heterocycles. The van der Waals surface area contributed by atoms with Gasteiger partial charge < -0.3 is 14.8 Å². The van der Waals surface area contributed by atoms with E-state index in [0.29, 0.717) is 28.8 Å². The lowest BCUT2D eigenvalue weighted by atomic mass is 10.2. The van der Waals surface area contributed by atoms with Crippen molar-refractivity contribution >= 4 is 29.3 Å². The number of methoxy groups -OCH3 is 1. The summed E-state index contributed by atoms with van der Waals surface area (Å²) in [5, 5.41) is 3.39. The average molecular weight is 346 g/mol. The number of carbonyl (C=O) groups is 1. The highest BCUT2D eigenvalue weighted by molar-refractivity contribution is 6.30. The highest BCUT2D eigenvalue weighted by Gasteiger charge is 2.05. The molecule has 0 atom stereocenters. The van der Waals surface area contributed by atoms with Crippen molar-refractivity contribution in [3.8, 4) is 11.5 Å². The number of rotatable bonds is 7. The van der Waals surface area contributed by atoms with E-state index in [2.05, 4.69) is 5.32 Å². The number of amides is 1. The van der Waals surface area contributed by atoms with Crippen molar-refractivity contribution in [2.24, 2.45) is 0 Å². The standard InChI is InChI=1S/C19H20ClNO3/c1-3-12-24-17-10-4-14(13-18(17)23-2)5-11-19(22)21-16-8-6-15(20)7-9-16/h4-11,13H,3,12H2,1-2H3,(H,21,22)/b11-5+. The first-order valence-corrected chi connectivity index (χ1v) is 8.05. The second-order valence-corrected chi connectivity index (χ2v) is 5.52. The van der Waals surface area contributed by atoms with E-state index in [1.807, 2.05) is 25.1 Å². The molecule has 1 amide bonds. The van der Waals surface area contributed by atoms with Gasteiger partial charge in [-0.15, -0.1) is 0 Å². The number of hydrogen-bond donors (Lipinski definition) is 1. The highest BCUT2D eigenvalue weighted by atomic mass is 35.5. The minimum atomic E-state index is -0.220. The van der Waals surface area contributed by atoms with Gasteiger partial charge in [0.05, 0.1) is 13.7 Å². The van der Waals surface area contributed by atoms with E-state index in [0.717, 1.165) is 12.0 Å². The van der Waals surface area contributed by atoms with Gasteiger partial charge >= 0.3 is 0 Å². The molecule has 4 nitrogen and oxygen atoms in total. The van der Waals surface area contributed by atoms with Crippen LogP contribution in [0.4, 0.5) is 5.69 Å². The molecule has 0 aromatic heterocycles. The molecule has 0 saturated heterocycles. The Morgan fingerprint density at radius 3 is 2.58 bits per heavy atom. The molecule has 0 aliphatic rings. The van der Waals surface area contributed by atoms with Gasteiger partial charge in [0.15, 0.2) is 11.5 Å². The third-order valence-corrected chi connectivity index (χ3v) is 3.44. The zero-order chi connectivity index (χ0) is 17.4. The van der Waals surface area contributed by atoms with Crippen LogP contribution < -0.4 is 14.8 Å². The van der Waals surface area contributed by atoms with Crippen molar-refractivity contribution in [3.63, 3.8) is 0 Å². The molecule has 0 fully saturated rings. The Bertz CT molecular complexity index is 711. The number of ether oxygens (including phenoxy) is 2. The Balaban J connectivity index is 2.02. The summed E-state index contributed by atoms with van der Waals surface area (Å²) in [4.78, 5) is 11.9. The Morgan fingerprint density at radius 2 is 1.92 bits per heavy atom. The molecule has 0 saturated carbocycles. The van der Waals surface area contributed by atoms with Crippen LogP contribution in [0.1, 0.15) is 18.9 Å².